The predicted molar refractivity (Wildman–Crippen MR) is 52.6 cm³/mol. The number of ether oxygens (including phenoxy) is 2. The molecular weight excluding hydrogens is 255 g/mol. The first-order valence-electron chi connectivity index (χ1n) is 4.84. The third-order valence-electron chi connectivity index (χ3n) is 2.20. The van der Waals surface area contributed by atoms with Crippen molar-refractivity contribution in [2.45, 2.75) is 12.7 Å². The molecule has 18 heavy (non-hydrogen) atoms. The number of amides is 1. The van der Waals surface area contributed by atoms with Gasteiger partial charge < -0.3 is 14.6 Å². The SMILES string of the molecule is O=C1C(O)OCN1c1cccc(OC(F)(F)F)c1. The molecule has 0 radical (unpaired) electrons. The molecule has 1 fully saturated rings. The molecule has 1 aromatic carbocycles. The molecule has 5 nitrogen and oxygen atoms in total. The first-order valence-corrected chi connectivity index (χ1v) is 4.84. The van der Waals surface area contributed by atoms with Crippen LogP contribution in [-0.4, -0.2) is 30.4 Å². The first kappa shape index (κ1) is 12.7. The fourth-order valence-corrected chi connectivity index (χ4v) is 1.46. The summed E-state index contributed by atoms with van der Waals surface area (Å²) in [6, 6.07) is 4.85. The number of hydrogen-bond acceptors (Lipinski definition) is 4. The third-order valence-corrected chi connectivity index (χ3v) is 2.20. The maximum Gasteiger partial charge on any atom is 0.573 e. The highest BCUT2D eigenvalue weighted by Gasteiger charge is 2.33. The van der Waals surface area contributed by atoms with Gasteiger partial charge in [-0.3, -0.25) is 9.69 Å². The zero-order valence-electron chi connectivity index (χ0n) is 8.85. The number of alkyl halides is 3. The van der Waals surface area contributed by atoms with Crippen LogP contribution in [0.1, 0.15) is 0 Å². The van der Waals surface area contributed by atoms with Crippen LogP contribution in [0.15, 0.2) is 24.3 Å². The lowest BCUT2D eigenvalue weighted by atomic mass is 10.3. The number of hydrogen-bond donors (Lipinski definition) is 1. The second kappa shape index (κ2) is 4.46. The summed E-state index contributed by atoms with van der Waals surface area (Å²) in [4.78, 5) is 12.4. The van der Waals surface area contributed by atoms with Crippen molar-refractivity contribution in [2.24, 2.45) is 0 Å². The molecule has 0 saturated carbocycles. The van der Waals surface area contributed by atoms with E-state index in [1.54, 1.807) is 0 Å². The van der Waals surface area contributed by atoms with Gasteiger partial charge in [-0.15, -0.1) is 13.2 Å². The average molecular weight is 263 g/mol. The van der Waals surface area contributed by atoms with E-state index in [4.69, 9.17) is 5.11 Å². The van der Waals surface area contributed by atoms with Gasteiger partial charge in [0.25, 0.3) is 5.91 Å². The Hall–Kier alpha value is -1.80. The summed E-state index contributed by atoms with van der Waals surface area (Å²) in [6.45, 7) is -0.227. The summed E-state index contributed by atoms with van der Waals surface area (Å²) < 4.78 is 44.4. The maximum atomic E-state index is 12.0. The molecular formula is C10H8F3NO4. The second-order valence-corrected chi connectivity index (χ2v) is 3.46. The summed E-state index contributed by atoms with van der Waals surface area (Å²) in [5, 5.41) is 9.06. The molecule has 0 bridgehead atoms. The van der Waals surface area contributed by atoms with Crippen LogP contribution in [0.25, 0.3) is 0 Å². The highest BCUT2D eigenvalue weighted by atomic mass is 19.4. The molecule has 0 spiro atoms. The largest absolute Gasteiger partial charge is 0.573 e. The highest BCUT2D eigenvalue weighted by molar-refractivity contribution is 5.97. The number of carbonyl (C=O) groups excluding carboxylic acids is 1. The Labute approximate surface area is 99.3 Å². The van der Waals surface area contributed by atoms with Gasteiger partial charge in [-0.05, 0) is 12.1 Å². The van der Waals surface area contributed by atoms with Crippen LogP contribution in [-0.2, 0) is 9.53 Å². The Kier molecular flexibility index (Phi) is 3.14. The van der Waals surface area contributed by atoms with Crippen molar-refractivity contribution in [3.8, 4) is 5.75 Å². The smallest absolute Gasteiger partial charge is 0.406 e. The van der Waals surface area contributed by atoms with Gasteiger partial charge in [-0.1, -0.05) is 6.07 Å². The van der Waals surface area contributed by atoms with Crippen molar-refractivity contribution in [2.75, 3.05) is 11.6 Å². The number of nitrogens with zero attached hydrogens (tertiary/aromatic N) is 1. The van der Waals surface area contributed by atoms with E-state index in [1.165, 1.54) is 12.1 Å². The van der Waals surface area contributed by atoms with Gasteiger partial charge in [0.15, 0.2) is 0 Å². The molecule has 1 saturated heterocycles. The van der Waals surface area contributed by atoms with Crippen molar-refractivity contribution >= 4 is 11.6 Å². The van der Waals surface area contributed by atoms with Crippen molar-refractivity contribution in [1.29, 1.82) is 0 Å². The topological polar surface area (TPSA) is 59.0 Å². The summed E-state index contributed by atoms with van der Waals surface area (Å²) >= 11 is 0. The molecule has 1 amide bonds. The van der Waals surface area contributed by atoms with Crippen molar-refractivity contribution in [1.82, 2.24) is 0 Å². The molecule has 1 unspecified atom stereocenters. The molecule has 1 atom stereocenters. The molecule has 1 aliphatic heterocycles. The van der Waals surface area contributed by atoms with Gasteiger partial charge in [-0.2, -0.15) is 0 Å². The monoisotopic (exact) mass is 263 g/mol. The fourth-order valence-electron chi connectivity index (χ4n) is 1.46. The number of halogens is 3. The normalized spacial score (nSPS) is 20.3. The quantitative estimate of drug-likeness (QED) is 0.871. The first-order chi connectivity index (χ1) is 8.37. The maximum absolute atomic E-state index is 12.0. The van der Waals surface area contributed by atoms with Gasteiger partial charge >= 0.3 is 6.36 Å². The summed E-state index contributed by atoms with van der Waals surface area (Å²) in [6.07, 6.45) is -6.39. The number of rotatable bonds is 2. The lowest BCUT2D eigenvalue weighted by Gasteiger charge is -2.15. The Bertz CT molecular complexity index is 463. The number of benzene rings is 1. The van der Waals surface area contributed by atoms with E-state index in [2.05, 4.69) is 9.47 Å². The Morgan fingerprint density at radius 1 is 1.44 bits per heavy atom. The van der Waals surface area contributed by atoms with E-state index in [9.17, 15) is 18.0 Å². The molecule has 1 aromatic rings. The van der Waals surface area contributed by atoms with Crippen molar-refractivity contribution in [3.63, 3.8) is 0 Å². The molecule has 8 heteroatoms. The zero-order chi connectivity index (χ0) is 13.3. The number of anilines is 1. The molecule has 0 aliphatic carbocycles. The van der Waals surface area contributed by atoms with Crippen LogP contribution < -0.4 is 9.64 Å². The van der Waals surface area contributed by atoms with E-state index >= 15 is 0 Å². The fraction of sp³-hybridized carbons (Fsp3) is 0.300. The molecule has 98 valence electrons. The second-order valence-electron chi connectivity index (χ2n) is 3.46. The Morgan fingerprint density at radius 2 is 2.17 bits per heavy atom. The summed E-state index contributed by atoms with van der Waals surface area (Å²) in [5.41, 5.74) is 0.151. The third kappa shape index (κ3) is 2.71. The summed E-state index contributed by atoms with van der Waals surface area (Å²) in [7, 11) is 0. The van der Waals surface area contributed by atoms with E-state index in [0.29, 0.717) is 0 Å². The number of aliphatic hydroxyl groups excluding tert-OH is 1. The minimum atomic E-state index is -4.80. The van der Waals surface area contributed by atoms with E-state index < -0.39 is 24.3 Å². The molecule has 1 N–H and O–H groups in total. The zero-order valence-corrected chi connectivity index (χ0v) is 8.85. The number of aliphatic hydroxyl groups is 1. The van der Waals surface area contributed by atoms with Crippen LogP contribution in [0.2, 0.25) is 0 Å². The van der Waals surface area contributed by atoms with Crippen LogP contribution in [0.3, 0.4) is 0 Å². The molecule has 2 rings (SSSR count). The van der Waals surface area contributed by atoms with Crippen LogP contribution >= 0.6 is 0 Å². The van der Waals surface area contributed by atoms with Gasteiger partial charge in [0.2, 0.25) is 6.29 Å². The minimum absolute atomic E-state index is 0.151. The van der Waals surface area contributed by atoms with E-state index in [-0.39, 0.29) is 12.4 Å². The molecule has 1 heterocycles. The molecule has 1 aliphatic rings. The van der Waals surface area contributed by atoms with Crippen molar-refractivity contribution < 1.29 is 32.5 Å². The summed E-state index contributed by atoms with van der Waals surface area (Å²) in [5.74, 6) is -1.19. The van der Waals surface area contributed by atoms with Crippen LogP contribution in [0.5, 0.6) is 5.75 Å². The van der Waals surface area contributed by atoms with Crippen molar-refractivity contribution in [3.05, 3.63) is 24.3 Å². The van der Waals surface area contributed by atoms with E-state index in [0.717, 1.165) is 17.0 Å². The lowest BCUT2D eigenvalue weighted by Crippen LogP contribution is -2.29. The minimum Gasteiger partial charge on any atom is -0.406 e. The average Bonchev–Trinajstić information content (AvgIpc) is 2.58. The number of carbonyl (C=O) groups is 1. The molecule has 0 aromatic heterocycles. The lowest BCUT2D eigenvalue weighted by molar-refractivity contribution is -0.274. The van der Waals surface area contributed by atoms with Gasteiger partial charge in [-0.25, -0.2) is 0 Å². The van der Waals surface area contributed by atoms with Crippen LogP contribution in [0.4, 0.5) is 18.9 Å². The van der Waals surface area contributed by atoms with Crippen LogP contribution in [0, 0.1) is 0 Å². The Morgan fingerprint density at radius 3 is 2.72 bits per heavy atom. The standard InChI is InChI=1S/C10H8F3NO4/c11-10(12,13)18-7-3-1-2-6(4-7)14-5-17-9(16)8(14)15/h1-4,9,16H,5H2. The Balaban J connectivity index is 2.20. The highest BCUT2D eigenvalue weighted by Crippen LogP contribution is 2.28. The predicted octanol–water partition coefficient (Wildman–Crippen LogP) is 1.22. The van der Waals surface area contributed by atoms with Gasteiger partial charge in [0.05, 0.1) is 0 Å². The van der Waals surface area contributed by atoms with Gasteiger partial charge in [0.1, 0.15) is 12.5 Å². The van der Waals surface area contributed by atoms with Gasteiger partial charge in [0, 0.05) is 11.8 Å². The van der Waals surface area contributed by atoms with E-state index in [1.807, 2.05) is 0 Å².